The Balaban J connectivity index is 1.27. The van der Waals surface area contributed by atoms with Crippen molar-refractivity contribution in [1.29, 1.82) is 0 Å². The molecule has 0 unspecified atom stereocenters. The van der Waals surface area contributed by atoms with Gasteiger partial charge in [-0.2, -0.15) is 14.9 Å². The first kappa shape index (κ1) is 26.5. The van der Waals surface area contributed by atoms with E-state index in [2.05, 4.69) is 25.1 Å². The molecule has 0 bridgehead atoms. The highest BCUT2D eigenvalue weighted by Gasteiger charge is 2.27. The minimum absolute atomic E-state index is 0.00741. The predicted molar refractivity (Wildman–Crippen MR) is 145 cm³/mol. The molecule has 5 rings (SSSR count). The number of benzene rings is 3. The van der Waals surface area contributed by atoms with E-state index in [9.17, 15) is 18.9 Å². The lowest BCUT2D eigenvalue weighted by molar-refractivity contribution is -0.384. The van der Waals surface area contributed by atoms with Crippen LogP contribution in [0.15, 0.2) is 77.9 Å². The van der Waals surface area contributed by atoms with Crippen molar-refractivity contribution >= 4 is 24.1 Å². The highest BCUT2D eigenvalue weighted by atomic mass is 32.1. The summed E-state index contributed by atoms with van der Waals surface area (Å²) in [6.45, 7) is 3.46. The molecular formula is C27H25F2N7O2S. The Kier molecular flexibility index (Phi) is 7.96. The molecule has 1 aliphatic rings. The maximum atomic E-state index is 13.6. The molecule has 0 saturated carbocycles. The molecule has 0 amide bonds. The van der Waals surface area contributed by atoms with Gasteiger partial charge >= 0.3 is 0 Å². The van der Waals surface area contributed by atoms with Crippen LogP contribution in [-0.2, 0) is 6.54 Å². The summed E-state index contributed by atoms with van der Waals surface area (Å²) in [5.41, 5.74) is 2.58. The van der Waals surface area contributed by atoms with Gasteiger partial charge in [-0.25, -0.2) is 8.78 Å². The van der Waals surface area contributed by atoms with Crippen LogP contribution in [0.25, 0.3) is 0 Å². The minimum atomic E-state index is -0.452. The Morgan fingerprint density at radius 3 is 2.05 bits per heavy atom. The molecule has 39 heavy (non-hydrogen) atoms. The first-order valence-corrected chi connectivity index (χ1v) is 12.7. The number of hydrogen-bond donors (Lipinski definition) is 1. The Morgan fingerprint density at radius 1 is 0.949 bits per heavy atom. The summed E-state index contributed by atoms with van der Waals surface area (Å²) in [7, 11) is 0. The van der Waals surface area contributed by atoms with Gasteiger partial charge in [0.25, 0.3) is 5.69 Å². The molecule has 0 radical (unpaired) electrons. The van der Waals surface area contributed by atoms with Gasteiger partial charge in [0.15, 0.2) is 5.82 Å². The van der Waals surface area contributed by atoms with Crippen LogP contribution in [0, 0.1) is 26.5 Å². The number of aromatic amines is 1. The lowest BCUT2D eigenvalue weighted by Gasteiger charge is -2.39. The van der Waals surface area contributed by atoms with Crippen molar-refractivity contribution in [3.63, 3.8) is 0 Å². The van der Waals surface area contributed by atoms with E-state index in [1.54, 1.807) is 47.3 Å². The van der Waals surface area contributed by atoms with E-state index in [1.807, 2.05) is 0 Å². The second-order valence-electron chi connectivity index (χ2n) is 9.17. The Hall–Kier alpha value is -4.13. The quantitative estimate of drug-likeness (QED) is 0.145. The van der Waals surface area contributed by atoms with Crippen molar-refractivity contribution in [2.75, 3.05) is 26.2 Å². The molecule has 12 heteroatoms. The van der Waals surface area contributed by atoms with Gasteiger partial charge in [0.2, 0.25) is 4.77 Å². The van der Waals surface area contributed by atoms with Gasteiger partial charge in [0, 0.05) is 38.3 Å². The number of H-pyrrole nitrogens is 1. The Bertz CT molecular complexity index is 1470. The summed E-state index contributed by atoms with van der Waals surface area (Å²) in [6, 6.07) is 18.8. The maximum absolute atomic E-state index is 13.6. The molecule has 3 aromatic carbocycles. The maximum Gasteiger partial charge on any atom is 0.269 e. The van der Waals surface area contributed by atoms with E-state index in [1.165, 1.54) is 36.4 Å². The molecule has 1 N–H and O–H groups in total. The largest absolute Gasteiger partial charge is 0.293 e. The summed E-state index contributed by atoms with van der Waals surface area (Å²) in [6.07, 6.45) is 1.58. The average Bonchev–Trinajstić information content (AvgIpc) is 3.29. The average molecular weight is 550 g/mol. The summed E-state index contributed by atoms with van der Waals surface area (Å²) in [5, 5.41) is 22.4. The van der Waals surface area contributed by atoms with Crippen LogP contribution >= 0.6 is 12.2 Å². The summed E-state index contributed by atoms with van der Waals surface area (Å²) in [5.74, 6) is 0.0392. The van der Waals surface area contributed by atoms with Gasteiger partial charge in [0.1, 0.15) is 11.6 Å². The number of nitro benzene ring substituents is 1. The second kappa shape index (κ2) is 11.7. The predicted octanol–water partition coefficient (Wildman–Crippen LogP) is 4.92. The standard InChI is InChI=1S/C27H25F2N7O2S/c28-22-7-3-20(4-8-22)26(21-5-9-23(29)10-6-21)34-15-13-33(14-16-34)18-25-31-32-27(39)35(25)30-17-19-1-11-24(12-2-19)36(37)38/h1-12,17,26H,13-16,18H2,(H,32,39)/b30-17+. The molecular weight excluding hydrogens is 524 g/mol. The van der Waals surface area contributed by atoms with Crippen LogP contribution in [0.2, 0.25) is 0 Å². The first-order chi connectivity index (χ1) is 18.9. The molecule has 9 nitrogen and oxygen atoms in total. The fourth-order valence-electron chi connectivity index (χ4n) is 4.64. The number of rotatable bonds is 8. The number of non-ortho nitro benzene ring substituents is 1. The van der Waals surface area contributed by atoms with Gasteiger partial charge in [-0.3, -0.25) is 25.0 Å². The zero-order valence-corrected chi connectivity index (χ0v) is 21.6. The zero-order chi connectivity index (χ0) is 27.4. The van der Waals surface area contributed by atoms with Gasteiger partial charge in [-0.1, -0.05) is 24.3 Å². The SMILES string of the molecule is O=[N+]([O-])c1ccc(/C=N/n2c(CN3CCN(C(c4ccc(F)cc4)c4ccc(F)cc4)CC3)n[nH]c2=S)cc1. The van der Waals surface area contributed by atoms with Crippen molar-refractivity contribution in [3.05, 3.63) is 122 Å². The number of hydrogen-bond acceptors (Lipinski definition) is 7. The van der Waals surface area contributed by atoms with E-state index in [-0.39, 0.29) is 23.4 Å². The summed E-state index contributed by atoms with van der Waals surface area (Å²) >= 11 is 5.35. The third kappa shape index (κ3) is 6.30. The van der Waals surface area contributed by atoms with E-state index >= 15 is 0 Å². The van der Waals surface area contributed by atoms with Crippen molar-refractivity contribution < 1.29 is 13.7 Å². The number of aromatic nitrogens is 3. The molecule has 0 aliphatic carbocycles. The molecule has 1 fully saturated rings. The molecule has 0 spiro atoms. The molecule has 4 aromatic rings. The molecule has 1 aromatic heterocycles. The smallest absolute Gasteiger partial charge is 0.269 e. The number of nitrogens with zero attached hydrogens (tertiary/aromatic N) is 6. The molecule has 0 atom stereocenters. The number of halogens is 2. The number of nitrogens with one attached hydrogen (secondary N) is 1. The van der Waals surface area contributed by atoms with Crippen LogP contribution in [0.5, 0.6) is 0 Å². The van der Waals surface area contributed by atoms with Crippen molar-refractivity contribution in [2.24, 2.45) is 5.10 Å². The minimum Gasteiger partial charge on any atom is -0.293 e. The lowest BCUT2D eigenvalue weighted by atomic mass is 9.96. The summed E-state index contributed by atoms with van der Waals surface area (Å²) in [4.78, 5) is 15.0. The van der Waals surface area contributed by atoms with Gasteiger partial charge in [-0.05, 0) is 65.3 Å². The fourth-order valence-corrected chi connectivity index (χ4v) is 4.83. The third-order valence-corrected chi connectivity index (χ3v) is 6.92. The fraction of sp³-hybridized carbons (Fsp3) is 0.222. The van der Waals surface area contributed by atoms with E-state index < -0.39 is 4.92 Å². The third-order valence-electron chi connectivity index (χ3n) is 6.65. The second-order valence-corrected chi connectivity index (χ2v) is 9.55. The van der Waals surface area contributed by atoms with E-state index in [0.717, 1.165) is 37.3 Å². The topological polar surface area (TPSA) is 95.6 Å². The van der Waals surface area contributed by atoms with Crippen LogP contribution in [-0.4, -0.2) is 62.0 Å². The number of nitro groups is 1. The highest BCUT2D eigenvalue weighted by Crippen LogP contribution is 2.30. The first-order valence-electron chi connectivity index (χ1n) is 12.3. The molecule has 1 aliphatic heterocycles. The number of piperazine rings is 1. The van der Waals surface area contributed by atoms with Crippen molar-refractivity contribution in [3.8, 4) is 0 Å². The van der Waals surface area contributed by atoms with E-state index in [0.29, 0.717) is 22.7 Å². The Morgan fingerprint density at radius 2 is 1.51 bits per heavy atom. The molecule has 200 valence electrons. The van der Waals surface area contributed by atoms with Crippen LogP contribution in [0.1, 0.15) is 28.6 Å². The van der Waals surface area contributed by atoms with Crippen LogP contribution in [0.4, 0.5) is 14.5 Å². The normalized spacial score (nSPS) is 14.8. The van der Waals surface area contributed by atoms with Gasteiger partial charge < -0.3 is 0 Å². The Labute approximate surface area is 228 Å². The van der Waals surface area contributed by atoms with Crippen molar-refractivity contribution in [2.45, 2.75) is 12.6 Å². The van der Waals surface area contributed by atoms with Crippen LogP contribution in [0.3, 0.4) is 0 Å². The van der Waals surface area contributed by atoms with Crippen LogP contribution < -0.4 is 0 Å². The zero-order valence-electron chi connectivity index (χ0n) is 20.8. The van der Waals surface area contributed by atoms with Crippen molar-refractivity contribution in [1.82, 2.24) is 24.7 Å². The monoisotopic (exact) mass is 549 g/mol. The molecule has 2 heterocycles. The summed E-state index contributed by atoms with van der Waals surface area (Å²) < 4.78 is 29.1. The molecule has 1 saturated heterocycles. The van der Waals surface area contributed by atoms with Gasteiger partial charge in [-0.15, -0.1) is 0 Å². The van der Waals surface area contributed by atoms with Gasteiger partial charge in [0.05, 0.1) is 23.7 Å². The van der Waals surface area contributed by atoms with E-state index in [4.69, 9.17) is 12.2 Å². The lowest BCUT2D eigenvalue weighted by Crippen LogP contribution is -2.47. The highest BCUT2D eigenvalue weighted by molar-refractivity contribution is 7.71.